The van der Waals surface area contributed by atoms with Gasteiger partial charge < -0.3 is 25.8 Å². The van der Waals surface area contributed by atoms with E-state index in [0.717, 1.165) is 18.5 Å². The predicted molar refractivity (Wildman–Crippen MR) is 120 cm³/mol. The number of rotatable bonds is 10. The van der Waals surface area contributed by atoms with Gasteiger partial charge in [-0.05, 0) is 54.8 Å². The average Bonchev–Trinajstić information content (AvgIpc) is 2.70. The second kappa shape index (κ2) is 9.64. The lowest BCUT2D eigenvalue weighted by atomic mass is 9.65. The highest BCUT2D eigenvalue weighted by Crippen LogP contribution is 2.41. The van der Waals surface area contributed by atoms with E-state index in [1.54, 1.807) is 0 Å². The minimum Gasteiger partial charge on any atom is -0.480 e. The van der Waals surface area contributed by atoms with Crippen LogP contribution in [0.1, 0.15) is 32.1 Å². The Labute approximate surface area is 178 Å². The first-order chi connectivity index (χ1) is 14.3. The summed E-state index contributed by atoms with van der Waals surface area (Å²) in [4.78, 5) is 14.1. The molecule has 0 saturated heterocycles. The maximum Gasteiger partial charge on any atom is 0.451 e. The van der Waals surface area contributed by atoms with Crippen LogP contribution in [0, 0.1) is 5.92 Å². The zero-order valence-corrected chi connectivity index (χ0v) is 17.4. The summed E-state index contributed by atoms with van der Waals surface area (Å²) in [6, 6.07) is 18.9. The molecule has 1 atom stereocenters. The van der Waals surface area contributed by atoms with Gasteiger partial charge in [-0.25, -0.2) is 0 Å². The number of carboxylic acids is 1. The van der Waals surface area contributed by atoms with E-state index < -0.39 is 18.6 Å². The summed E-state index contributed by atoms with van der Waals surface area (Å²) in [7, 11) is 0.692. The van der Waals surface area contributed by atoms with Gasteiger partial charge in [-0.3, -0.25) is 4.79 Å². The molecule has 0 spiro atoms. The number of benzene rings is 2. The second-order valence-corrected chi connectivity index (χ2v) is 8.42. The number of unbranched alkanes of at least 4 members (excludes halogenated alkanes) is 1. The Morgan fingerprint density at radius 1 is 1.07 bits per heavy atom. The average molecular weight is 410 g/mol. The van der Waals surface area contributed by atoms with Crippen LogP contribution in [0.3, 0.4) is 0 Å². The van der Waals surface area contributed by atoms with E-state index in [-0.39, 0.29) is 18.3 Å². The number of nitrogens with zero attached hydrogens (tertiary/aromatic N) is 1. The van der Waals surface area contributed by atoms with Crippen molar-refractivity contribution in [2.45, 2.75) is 50.0 Å². The van der Waals surface area contributed by atoms with Crippen molar-refractivity contribution in [1.82, 2.24) is 0 Å². The highest BCUT2D eigenvalue weighted by atomic mass is 16.4. The van der Waals surface area contributed by atoms with Crippen LogP contribution in [0.15, 0.2) is 54.6 Å². The van der Waals surface area contributed by atoms with Gasteiger partial charge in [-0.1, -0.05) is 55.3 Å². The lowest BCUT2D eigenvalue weighted by molar-refractivity contribution is -0.147. The zero-order chi connectivity index (χ0) is 21.7. The fourth-order valence-electron chi connectivity index (χ4n) is 4.29. The summed E-state index contributed by atoms with van der Waals surface area (Å²) in [6.45, 7) is 0. The zero-order valence-electron chi connectivity index (χ0n) is 17.4. The van der Waals surface area contributed by atoms with Crippen LogP contribution in [0.4, 0.5) is 5.69 Å². The summed E-state index contributed by atoms with van der Waals surface area (Å²) in [5.74, 6) is -1.05. The van der Waals surface area contributed by atoms with Crippen LogP contribution in [-0.2, 0) is 4.79 Å². The van der Waals surface area contributed by atoms with Crippen LogP contribution in [0.5, 0.6) is 0 Å². The molecule has 7 heteroatoms. The quantitative estimate of drug-likeness (QED) is 0.354. The molecule has 0 amide bonds. The molecule has 1 aliphatic carbocycles. The summed E-state index contributed by atoms with van der Waals surface area (Å²) in [6.07, 6.45) is 3.18. The molecule has 0 aliphatic heterocycles. The van der Waals surface area contributed by atoms with Gasteiger partial charge in [0.15, 0.2) is 0 Å². The molecular weight excluding hydrogens is 379 g/mol. The minimum absolute atomic E-state index is 0.0786. The lowest BCUT2D eigenvalue weighted by Crippen LogP contribution is -2.61. The molecule has 2 aromatic rings. The molecule has 160 valence electrons. The largest absolute Gasteiger partial charge is 0.480 e. The number of nitrogens with two attached hydrogens (primary N) is 1. The van der Waals surface area contributed by atoms with E-state index in [2.05, 4.69) is 41.3 Å². The molecule has 5 N–H and O–H groups in total. The van der Waals surface area contributed by atoms with Gasteiger partial charge in [0.25, 0.3) is 0 Å². The third kappa shape index (κ3) is 5.03. The van der Waals surface area contributed by atoms with Crippen molar-refractivity contribution in [2.75, 3.05) is 11.9 Å². The number of carboxylic acid groups (broad SMARTS) is 1. The molecule has 0 aromatic heterocycles. The fraction of sp³-hybridized carbons (Fsp3) is 0.435. The van der Waals surface area contributed by atoms with Crippen molar-refractivity contribution in [3.63, 3.8) is 0 Å². The van der Waals surface area contributed by atoms with E-state index in [9.17, 15) is 9.90 Å². The molecule has 30 heavy (non-hydrogen) atoms. The fourth-order valence-corrected chi connectivity index (χ4v) is 4.29. The van der Waals surface area contributed by atoms with Gasteiger partial charge in [0.05, 0.1) is 0 Å². The molecule has 0 bridgehead atoms. The SMILES string of the molecule is CN(c1ccc(-c2ccccc2)cc1)C1CC(C(N)(CCCCB(O)O)C(=O)O)C1. The van der Waals surface area contributed by atoms with Crippen LogP contribution >= 0.6 is 0 Å². The van der Waals surface area contributed by atoms with Gasteiger partial charge in [0.1, 0.15) is 5.54 Å². The standard InChI is InChI=1S/C23H31BN2O4/c1-26(20-11-9-18(10-12-20)17-7-3-2-4-8-17)21-15-19(16-21)23(25,22(27)28)13-5-6-14-24(29)30/h2-4,7-12,19,21,29-30H,5-6,13-16,25H2,1H3,(H,27,28). The summed E-state index contributed by atoms with van der Waals surface area (Å²) in [5, 5.41) is 27.6. The first kappa shape index (κ1) is 22.3. The van der Waals surface area contributed by atoms with E-state index in [4.69, 9.17) is 15.8 Å². The van der Waals surface area contributed by atoms with Crippen molar-refractivity contribution in [2.24, 2.45) is 11.7 Å². The van der Waals surface area contributed by atoms with Crippen molar-refractivity contribution in [3.05, 3.63) is 54.6 Å². The Morgan fingerprint density at radius 2 is 1.67 bits per heavy atom. The second-order valence-electron chi connectivity index (χ2n) is 8.42. The summed E-state index contributed by atoms with van der Waals surface area (Å²) >= 11 is 0. The molecule has 0 heterocycles. The number of carbonyl (C=O) groups is 1. The maximum absolute atomic E-state index is 11.9. The van der Waals surface area contributed by atoms with Gasteiger partial charge in [-0.2, -0.15) is 0 Å². The van der Waals surface area contributed by atoms with E-state index in [1.165, 1.54) is 11.1 Å². The first-order valence-electron chi connectivity index (χ1n) is 10.6. The molecule has 1 aliphatic rings. The Balaban J connectivity index is 1.57. The highest BCUT2D eigenvalue weighted by molar-refractivity contribution is 6.40. The third-order valence-corrected chi connectivity index (χ3v) is 6.47. The molecule has 1 unspecified atom stereocenters. The number of aliphatic carboxylic acids is 1. The van der Waals surface area contributed by atoms with Crippen molar-refractivity contribution < 1.29 is 19.9 Å². The molecule has 0 radical (unpaired) electrons. The van der Waals surface area contributed by atoms with Crippen molar-refractivity contribution in [3.8, 4) is 11.1 Å². The molecule has 3 rings (SSSR count). The Kier molecular flexibility index (Phi) is 7.18. The summed E-state index contributed by atoms with van der Waals surface area (Å²) < 4.78 is 0. The van der Waals surface area contributed by atoms with Crippen LogP contribution in [0.25, 0.3) is 11.1 Å². The predicted octanol–water partition coefficient (Wildman–Crippen LogP) is 2.99. The number of anilines is 1. The smallest absolute Gasteiger partial charge is 0.451 e. The van der Waals surface area contributed by atoms with Crippen molar-refractivity contribution >= 4 is 18.8 Å². The molecule has 6 nitrogen and oxygen atoms in total. The van der Waals surface area contributed by atoms with E-state index in [1.807, 2.05) is 25.2 Å². The maximum atomic E-state index is 11.9. The van der Waals surface area contributed by atoms with Crippen LogP contribution in [0.2, 0.25) is 6.32 Å². The molecular formula is C23H31BN2O4. The van der Waals surface area contributed by atoms with Crippen molar-refractivity contribution in [1.29, 1.82) is 0 Å². The first-order valence-corrected chi connectivity index (χ1v) is 10.6. The summed E-state index contributed by atoms with van der Waals surface area (Å²) in [5.41, 5.74) is 8.50. The Hall–Kier alpha value is -2.35. The van der Waals surface area contributed by atoms with Gasteiger partial charge in [0.2, 0.25) is 0 Å². The highest BCUT2D eigenvalue weighted by Gasteiger charge is 2.49. The Bertz CT molecular complexity index is 825. The van der Waals surface area contributed by atoms with Gasteiger partial charge >= 0.3 is 13.1 Å². The Morgan fingerprint density at radius 3 is 2.23 bits per heavy atom. The monoisotopic (exact) mass is 410 g/mol. The van der Waals surface area contributed by atoms with E-state index in [0.29, 0.717) is 19.3 Å². The normalized spacial score (nSPS) is 20.1. The lowest BCUT2D eigenvalue weighted by Gasteiger charge is -2.48. The number of hydrogen-bond donors (Lipinski definition) is 4. The molecule has 1 fully saturated rings. The van der Waals surface area contributed by atoms with Gasteiger partial charge in [0, 0.05) is 18.8 Å². The van der Waals surface area contributed by atoms with Crippen LogP contribution in [-0.4, -0.2) is 46.9 Å². The van der Waals surface area contributed by atoms with Gasteiger partial charge in [-0.15, -0.1) is 0 Å². The number of hydrogen-bond acceptors (Lipinski definition) is 5. The third-order valence-electron chi connectivity index (χ3n) is 6.47. The van der Waals surface area contributed by atoms with Crippen LogP contribution < -0.4 is 10.6 Å². The minimum atomic E-state index is -1.35. The molecule has 2 aromatic carbocycles. The molecule has 1 saturated carbocycles. The van der Waals surface area contributed by atoms with E-state index >= 15 is 0 Å². The topological polar surface area (TPSA) is 107 Å².